The summed E-state index contributed by atoms with van der Waals surface area (Å²) in [5.74, 6) is 0.586. The quantitative estimate of drug-likeness (QED) is 0.0967. The molecule has 0 saturated heterocycles. The average molecular weight is 959 g/mol. The SMILES string of the molecule is C=C(N=C(N=C(C)c1ccccc1)c1cccc(-c2cc(-c3ccccc3)cc3c4cc(-c5ccccc5)cc(-n5c6ccccc6c6cc(-c7ccccc7)ccc65)c4n(-c4ccccc4)c23)c1)c1ccccc1. The van der Waals surface area contributed by atoms with Gasteiger partial charge in [-0.15, -0.1) is 0 Å². The zero-order chi connectivity index (χ0) is 50.2. The van der Waals surface area contributed by atoms with Crippen molar-refractivity contribution in [2.45, 2.75) is 6.92 Å². The van der Waals surface area contributed by atoms with Crippen LogP contribution >= 0.6 is 0 Å². The van der Waals surface area contributed by atoms with Crippen molar-refractivity contribution in [1.29, 1.82) is 0 Å². The van der Waals surface area contributed by atoms with Crippen LogP contribution in [-0.2, 0) is 0 Å². The minimum absolute atomic E-state index is 0.586. The molecule has 2 aromatic heterocycles. The van der Waals surface area contributed by atoms with Gasteiger partial charge in [0.15, 0.2) is 5.84 Å². The van der Waals surface area contributed by atoms with Gasteiger partial charge in [0.05, 0.1) is 33.5 Å². The molecule has 0 unspecified atom stereocenters. The molecule has 354 valence electrons. The lowest BCUT2D eigenvalue weighted by Crippen LogP contribution is -2.05. The van der Waals surface area contributed by atoms with Crippen LogP contribution in [-0.4, -0.2) is 20.7 Å². The lowest BCUT2D eigenvalue weighted by molar-refractivity contribution is 1.13. The van der Waals surface area contributed by atoms with E-state index in [2.05, 4.69) is 240 Å². The summed E-state index contributed by atoms with van der Waals surface area (Å²) in [6.07, 6.45) is 0. The van der Waals surface area contributed by atoms with Crippen molar-refractivity contribution in [3.8, 4) is 55.9 Å². The maximum atomic E-state index is 5.29. The highest BCUT2D eigenvalue weighted by Crippen LogP contribution is 2.46. The van der Waals surface area contributed by atoms with Crippen LogP contribution in [0.1, 0.15) is 23.6 Å². The van der Waals surface area contributed by atoms with Gasteiger partial charge in [0.1, 0.15) is 0 Å². The second-order valence-electron chi connectivity index (χ2n) is 19.1. The van der Waals surface area contributed by atoms with Gasteiger partial charge >= 0.3 is 0 Å². The highest BCUT2D eigenvalue weighted by atomic mass is 15.1. The Bertz CT molecular complexity index is 4320. The van der Waals surface area contributed by atoms with E-state index in [4.69, 9.17) is 9.98 Å². The van der Waals surface area contributed by atoms with E-state index in [1.54, 1.807) is 0 Å². The van der Waals surface area contributed by atoms with Gasteiger partial charge in [-0.25, -0.2) is 9.98 Å². The molecule has 2 heterocycles. The van der Waals surface area contributed by atoms with Crippen molar-refractivity contribution in [2.24, 2.45) is 9.98 Å². The number of fused-ring (bicyclic) bond motifs is 6. The van der Waals surface area contributed by atoms with Crippen LogP contribution in [0.3, 0.4) is 0 Å². The van der Waals surface area contributed by atoms with Crippen LogP contribution in [0, 0.1) is 0 Å². The fourth-order valence-corrected chi connectivity index (χ4v) is 10.8. The molecule has 0 bridgehead atoms. The molecule has 11 aromatic carbocycles. The van der Waals surface area contributed by atoms with Crippen LogP contribution < -0.4 is 0 Å². The standard InChI is InChI=1S/C71H50N4/c1-48(50-24-9-3-10-25-50)72-71(73-49(2)51-26-11-4-12-27-51)57-35-23-34-56(42-57)62-44-58(53-30-15-6-16-31-53)45-64-65-46-59(54-32-17-7-18-33-54)47-68(70(65)74(69(62)64)60-36-19-8-20-37-60)75-66-39-22-21-38-61(66)63-43-55(40-41-67(63)75)52-28-13-5-14-29-52/h3-47H,1H2,2H3. The summed E-state index contributed by atoms with van der Waals surface area (Å²) in [5, 5.41) is 4.70. The van der Waals surface area contributed by atoms with Crippen LogP contribution in [0.4, 0.5) is 0 Å². The van der Waals surface area contributed by atoms with E-state index in [0.717, 1.165) is 100.0 Å². The first-order valence-corrected chi connectivity index (χ1v) is 25.5. The van der Waals surface area contributed by atoms with E-state index in [0.29, 0.717) is 11.5 Å². The molecule has 0 atom stereocenters. The van der Waals surface area contributed by atoms with Crippen molar-refractivity contribution in [1.82, 2.24) is 9.13 Å². The first kappa shape index (κ1) is 45.0. The highest BCUT2D eigenvalue weighted by molar-refractivity contribution is 6.20. The number of hydrogen-bond donors (Lipinski definition) is 0. The molecule has 13 aromatic rings. The summed E-state index contributed by atoms with van der Waals surface area (Å²) >= 11 is 0. The minimum atomic E-state index is 0.586. The summed E-state index contributed by atoms with van der Waals surface area (Å²) in [4.78, 5) is 10.5. The molecule has 0 saturated carbocycles. The first-order valence-electron chi connectivity index (χ1n) is 25.5. The predicted octanol–water partition coefficient (Wildman–Crippen LogP) is 18.5. The van der Waals surface area contributed by atoms with Gasteiger partial charge in [0.25, 0.3) is 0 Å². The normalized spacial score (nSPS) is 12.0. The number of para-hydroxylation sites is 2. The molecule has 0 aliphatic rings. The van der Waals surface area contributed by atoms with Crippen molar-refractivity contribution in [2.75, 3.05) is 0 Å². The predicted molar refractivity (Wildman–Crippen MR) is 318 cm³/mol. The average Bonchev–Trinajstić information content (AvgIpc) is 4.10. The molecule has 0 aliphatic carbocycles. The molecule has 4 heteroatoms. The smallest absolute Gasteiger partial charge is 0.160 e. The van der Waals surface area contributed by atoms with Crippen molar-refractivity contribution >= 4 is 60.9 Å². The molecule has 0 amide bonds. The van der Waals surface area contributed by atoms with E-state index >= 15 is 0 Å². The molecule has 4 nitrogen and oxygen atoms in total. The number of hydrogen-bond acceptors (Lipinski definition) is 1. The maximum absolute atomic E-state index is 5.29. The summed E-state index contributed by atoms with van der Waals surface area (Å²) in [6.45, 7) is 6.51. The third-order valence-corrected chi connectivity index (χ3v) is 14.4. The summed E-state index contributed by atoms with van der Waals surface area (Å²) < 4.78 is 5.01. The third kappa shape index (κ3) is 8.35. The van der Waals surface area contributed by atoms with Crippen molar-refractivity contribution in [3.05, 3.63) is 296 Å². The second-order valence-corrected chi connectivity index (χ2v) is 19.1. The van der Waals surface area contributed by atoms with E-state index in [1.165, 1.54) is 21.9 Å². The Labute approximate surface area is 436 Å². The van der Waals surface area contributed by atoms with Crippen LogP contribution in [0.25, 0.3) is 105 Å². The number of aromatic nitrogens is 2. The van der Waals surface area contributed by atoms with Gasteiger partial charge < -0.3 is 9.13 Å². The molecule has 0 fully saturated rings. The van der Waals surface area contributed by atoms with Gasteiger partial charge in [-0.3, -0.25) is 0 Å². The third-order valence-electron chi connectivity index (χ3n) is 14.4. The molecule has 13 rings (SSSR count). The first-order chi connectivity index (χ1) is 37.0. The number of benzene rings is 11. The van der Waals surface area contributed by atoms with Crippen LogP contribution in [0.5, 0.6) is 0 Å². The van der Waals surface area contributed by atoms with Crippen LogP contribution in [0.15, 0.2) is 290 Å². The molecular formula is C71H50N4. The van der Waals surface area contributed by atoms with Crippen LogP contribution in [0.2, 0.25) is 0 Å². The Balaban J connectivity index is 1.14. The van der Waals surface area contributed by atoms with Crippen molar-refractivity contribution in [3.63, 3.8) is 0 Å². The Morgan fingerprint density at radius 1 is 0.333 bits per heavy atom. The summed E-state index contributed by atoms with van der Waals surface area (Å²) in [6, 6.07) is 97.6. The fourth-order valence-electron chi connectivity index (χ4n) is 10.8. The molecule has 75 heavy (non-hydrogen) atoms. The van der Waals surface area contributed by atoms with Gasteiger partial charge in [-0.1, -0.05) is 219 Å². The fraction of sp³-hybridized carbons (Fsp3) is 0.0141. The largest absolute Gasteiger partial charge is 0.307 e. The van der Waals surface area contributed by atoms with E-state index in [1.807, 2.05) is 55.5 Å². The molecule has 0 radical (unpaired) electrons. The van der Waals surface area contributed by atoms with E-state index < -0.39 is 0 Å². The molecular weight excluding hydrogens is 909 g/mol. The lowest BCUT2D eigenvalue weighted by Gasteiger charge is -2.17. The number of aliphatic imine (C=N–C) groups is 2. The Morgan fingerprint density at radius 2 is 0.827 bits per heavy atom. The van der Waals surface area contributed by atoms with Gasteiger partial charge in [0.2, 0.25) is 0 Å². The van der Waals surface area contributed by atoms with Gasteiger partial charge in [0, 0.05) is 44.1 Å². The number of amidine groups is 1. The summed E-state index contributed by atoms with van der Waals surface area (Å²) in [5.41, 5.74) is 20.0. The topological polar surface area (TPSA) is 34.6 Å². The molecule has 0 N–H and O–H groups in total. The number of nitrogens with zero attached hydrogens (tertiary/aromatic N) is 4. The summed E-state index contributed by atoms with van der Waals surface area (Å²) in [7, 11) is 0. The number of rotatable bonds is 10. The van der Waals surface area contributed by atoms with E-state index in [9.17, 15) is 0 Å². The van der Waals surface area contributed by atoms with Gasteiger partial charge in [-0.05, 0) is 118 Å². The highest BCUT2D eigenvalue weighted by Gasteiger charge is 2.25. The minimum Gasteiger partial charge on any atom is -0.307 e. The van der Waals surface area contributed by atoms with Gasteiger partial charge in [-0.2, -0.15) is 0 Å². The Morgan fingerprint density at radius 3 is 1.48 bits per heavy atom. The molecule has 0 spiro atoms. The Hall–Kier alpha value is -9.90. The zero-order valence-corrected chi connectivity index (χ0v) is 41.5. The maximum Gasteiger partial charge on any atom is 0.160 e. The molecule has 0 aliphatic heterocycles. The zero-order valence-electron chi connectivity index (χ0n) is 41.5. The van der Waals surface area contributed by atoms with E-state index in [-0.39, 0.29) is 0 Å². The monoisotopic (exact) mass is 958 g/mol. The second kappa shape index (κ2) is 19.3. The Kier molecular flexibility index (Phi) is 11.6. The lowest BCUT2D eigenvalue weighted by atomic mass is 9.94. The van der Waals surface area contributed by atoms with Crippen molar-refractivity contribution < 1.29 is 0 Å².